The standard InChI is InChI=1S/C18H24BrNO/c1-12-7-8-15(16(19)11-12)18(21)20-10-9-13(2)14-5-3-4-6-17(14)20/h7-8,11,13-14,17H,3-6,9-10H2,1-2H3. The van der Waals surface area contributed by atoms with Crippen LogP contribution < -0.4 is 0 Å². The number of rotatable bonds is 1. The lowest BCUT2D eigenvalue weighted by atomic mass is 9.72. The number of carbonyl (C=O) groups excluding carboxylic acids is 1. The van der Waals surface area contributed by atoms with Crippen LogP contribution in [0.5, 0.6) is 0 Å². The van der Waals surface area contributed by atoms with Gasteiger partial charge in [-0.3, -0.25) is 4.79 Å². The first-order chi connectivity index (χ1) is 10.1. The van der Waals surface area contributed by atoms with Crippen molar-refractivity contribution in [3.63, 3.8) is 0 Å². The van der Waals surface area contributed by atoms with E-state index in [0.29, 0.717) is 12.0 Å². The maximum absolute atomic E-state index is 13.0. The summed E-state index contributed by atoms with van der Waals surface area (Å²) < 4.78 is 0.929. The molecule has 2 aliphatic rings. The van der Waals surface area contributed by atoms with Crippen LogP contribution in [-0.4, -0.2) is 23.4 Å². The van der Waals surface area contributed by atoms with Crippen LogP contribution in [0.4, 0.5) is 0 Å². The van der Waals surface area contributed by atoms with E-state index in [-0.39, 0.29) is 5.91 Å². The quantitative estimate of drug-likeness (QED) is 0.713. The van der Waals surface area contributed by atoms with Gasteiger partial charge in [0.15, 0.2) is 0 Å². The van der Waals surface area contributed by atoms with Crippen LogP contribution in [0.15, 0.2) is 22.7 Å². The number of amides is 1. The van der Waals surface area contributed by atoms with Gasteiger partial charge in [0.25, 0.3) is 5.91 Å². The van der Waals surface area contributed by atoms with Crippen LogP contribution in [0.3, 0.4) is 0 Å². The smallest absolute Gasteiger partial charge is 0.255 e. The third kappa shape index (κ3) is 2.90. The van der Waals surface area contributed by atoms with E-state index in [0.717, 1.165) is 28.9 Å². The molecule has 0 bridgehead atoms. The van der Waals surface area contributed by atoms with Gasteiger partial charge in [-0.25, -0.2) is 0 Å². The van der Waals surface area contributed by atoms with Gasteiger partial charge in [0.2, 0.25) is 0 Å². The van der Waals surface area contributed by atoms with Crippen molar-refractivity contribution in [1.82, 2.24) is 4.90 Å². The predicted molar refractivity (Wildman–Crippen MR) is 89.4 cm³/mol. The molecule has 1 saturated carbocycles. The predicted octanol–water partition coefficient (Wildman–Crippen LogP) is 4.80. The zero-order valence-corrected chi connectivity index (χ0v) is 14.5. The number of carbonyl (C=O) groups is 1. The first-order valence-corrected chi connectivity index (χ1v) is 8.94. The lowest BCUT2D eigenvalue weighted by molar-refractivity contribution is 0.0217. The molecule has 1 amide bonds. The number of aryl methyl sites for hydroxylation is 1. The average molecular weight is 350 g/mol. The topological polar surface area (TPSA) is 20.3 Å². The molecule has 0 spiro atoms. The monoisotopic (exact) mass is 349 g/mol. The van der Waals surface area contributed by atoms with Gasteiger partial charge in [0.05, 0.1) is 5.56 Å². The van der Waals surface area contributed by atoms with E-state index in [1.807, 2.05) is 18.2 Å². The molecule has 0 aromatic heterocycles. The Bertz CT molecular complexity index is 542. The fourth-order valence-corrected chi connectivity index (χ4v) is 4.78. The van der Waals surface area contributed by atoms with Crippen molar-refractivity contribution in [2.24, 2.45) is 11.8 Å². The highest BCUT2D eigenvalue weighted by molar-refractivity contribution is 9.10. The van der Waals surface area contributed by atoms with Crippen molar-refractivity contribution < 1.29 is 4.79 Å². The van der Waals surface area contributed by atoms with Gasteiger partial charge in [-0.15, -0.1) is 0 Å². The molecule has 114 valence electrons. The summed E-state index contributed by atoms with van der Waals surface area (Å²) >= 11 is 3.57. The largest absolute Gasteiger partial charge is 0.335 e. The molecule has 0 N–H and O–H groups in total. The second-order valence-corrected chi connectivity index (χ2v) is 7.62. The van der Waals surface area contributed by atoms with Crippen molar-refractivity contribution in [3.05, 3.63) is 33.8 Å². The summed E-state index contributed by atoms with van der Waals surface area (Å²) in [6.45, 7) is 5.34. The number of hydrogen-bond acceptors (Lipinski definition) is 1. The van der Waals surface area contributed by atoms with Crippen LogP contribution in [0.25, 0.3) is 0 Å². The minimum atomic E-state index is 0.214. The molecule has 1 aromatic rings. The summed E-state index contributed by atoms with van der Waals surface area (Å²) in [7, 11) is 0. The minimum Gasteiger partial charge on any atom is -0.335 e. The number of halogens is 1. The Labute approximate surface area is 136 Å². The molecular formula is C18H24BrNO. The molecule has 1 aliphatic carbocycles. The third-order valence-electron chi connectivity index (χ3n) is 5.35. The molecule has 3 rings (SSSR count). The van der Waals surface area contributed by atoms with Gasteiger partial charge in [0, 0.05) is 17.1 Å². The van der Waals surface area contributed by atoms with Crippen LogP contribution in [-0.2, 0) is 0 Å². The zero-order valence-electron chi connectivity index (χ0n) is 12.9. The molecule has 3 atom stereocenters. The number of likely N-dealkylation sites (tertiary alicyclic amines) is 1. The van der Waals surface area contributed by atoms with Gasteiger partial charge in [-0.2, -0.15) is 0 Å². The van der Waals surface area contributed by atoms with E-state index in [2.05, 4.69) is 34.7 Å². The first-order valence-electron chi connectivity index (χ1n) is 8.15. The highest BCUT2D eigenvalue weighted by atomic mass is 79.9. The highest BCUT2D eigenvalue weighted by Gasteiger charge is 2.39. The number of piperidine rings is 1. The van der Waals surface area contributed by atoms with Crippen molar-refractivity contribution in [1.29, 1.82) is 0 Å². The minimum absolute atomic E-state index is 0.214. The number of benzene rings is 1. The Kier molecular flexibility index (Phi) is 4.39. The molecule has 0 radical (unpaired) electrons. The highest BCUT2D eigenvalue weighted by Crippen LogP contribution is 2.39. The van der Waals surface area contributed by atoms with Gasteiger partial charge >= 0.3 is 0 Å². The van der Waals surface area contributed by atoms with Crippen LogP contribution in [0, 0.1) is 18.8 Å². The molecule has 3 unspecified atom stereocenters. The number of fused-ring (bicyclic) bond motifs is 1. The Hall–Kier alpha value is -0.830. The third-order valence-corrected chi connectivity index (χ3v) is 6.01. The van der Waals surface area contributed by atoms with E-state index in [9.17, 15) is 4.79 Å². The van der Waals surface area contributed by atoms with Gasteiger partial charge < -0.3 is 4.90 Å². The second kappa shape index (κ2) is 6.12. The van der Waals surface area contributed by atoms with Gasteiger partial charge in [0.1, 0.15) is 0 Å². The molecule has 1 aliphatic heterocycles. The fourth-order valence-electron chi connectivity index (χ4n) is 4.11. The molecule has 1 heterocycles. The number of nitrogens with zero attached hydrogens (tertiary/aromatic N) is 1. The second-order valence-electron chi connectivity index (χ2n) is 6.76. The molecule has 1 saturated heterocycles. The summed E-state index contributed by atoms with van der Waals surface area (Å²) in [5.41, 5.74) is 2.00. The maximum Gasteiger partial charge on any atom is 0.255 e. The van der Waals surface area contributed by atoms with Crippen molar-refractivity contribution in [3.8, 4) is 0 Å². The van der Waals surface area contributed by atoms with E-state index in [1.165, 1.54) is 31.2 Å². The first kappa shape index (κ1) is 15.1. The summed E-state index contributed by atoms with van der Waals surface area (Å²) in [6.07, 6.45) is 6.24. The summed E-state index contributed by atoms with van der Waals surface area (Å²) in [4.78, 5) is 15.2. The van der Waals surface area contributed by atoms with Crippen molar-refractivity contribution in [2.75, 3.05) is 6.54 Å². The van der Waals surface area contributed by atoms with E-state index >= 15 is 0 Å². The van der Waals surface area contributed by atoms with Gasteiger partial charge in [-0.1, -0.05) is 25.8 Å². The Morgan fingerprint density at radius 3 is 2.76 bits per heavy atom. The van der Waals surface area contributed by atoms with Crippen LogP contribution >= 0.6 is 15.9 Å². The summed E-state index contributed by atoms with van der Waals surface area (Å²) in [5, 5.41) is 0. The molecular weight excluding hydrogens is 326 g/mol. The van der Waals surface area contributed by atoms with Gasteiger partial charge in [-0.05, 0) is 71.6 Å². The van der Waals surface area contributed by atoms with Crippen molar-refractivity contribution in [2.45, 2.75) is 52.0 Å². The number of hydrogen-bond donors (Lipinski definition) is 0. The molecule has 3 heteroatoms. The lowest BCUT2D eigenvalue weighted by Gasteiger charge is -2.47. The Morgan fingerprint density at radius 2 is 2.00 bits per heavy atom. The molecule has 2 nitrogen and oxygen atoms in total. The van der Waals surface area contributed by atoms with E-state index < -0.39 is 0 Å². The lowest BCUT2D eigenvalue weighted by Crippen LogP contribution is -2.52. The average Bonchev–Trinajstić information content (AvgIpc) is 2.47. The van der Waals surface area contributed by atoms with Crippen LogP contribution in [0.1, 0.15) is 54.9 Å². The SMILES string of the molecule is Cc1ccc(C(=O)N2CCC(C)C3CCCCC32)c(Br)c1. The van der Waals surface area contributed by atoms with Crippen molar-refractivity contribution >= 4 is 21.8 Å². The molecule has 21 heavy (non-hydrogen) atoms. The zero-order chi connectivity index (χ0) is 15.0. The summed E-state index contributed by atoms with van der Waals surface area (Å²) in [6, 6.07) is 6.50. The maximum atomic E-state index is 13.0. The van der Waals surface area contributed by atoms with E-state index in [1.54, 1.807) is 0 Å². The molecule has 2 fully saturated rings. The fraction of sp³-hybridized carbons (Fsp3) is 0.611. The van der Waals surface area contributed by atoms with E-state index in [4.69, 9.17) is 0 Å². The summed E-state index contributed by atoms with van der Waals surface area (Å²) in [5.74, 6) is 1.69. The molecule has 1 aromatic carbocycles. The normalized spacial score (nSPS) is 29.1. The van der Waals surface area contributed by atoms with Crippen LogP contribution in [0.2, 0.25) is 0 Å². The Balaban J connectivity index is 1.86. The Morgan fingerprint density at radius 1 is 1.24 bits per heavy atom.